The number of hydrazone groups is 1. The second kappa shape index (κ2) is 11.7. The number of ether oxygens (including phenoxy) is 1. The Morgan fingerprint density at radius 2 is 1.90 bits per heavy atom. The smallest absolute Gasteiger partial charge is 0.329 e. The van der Waals surface area contributed by atoms with Crippen molar-refractivity contribution in [1.29, 1.82) is 0 Å². The molecule has 2 amide bonds. The van der Waals surface area contributed by atoms with E-state index in [0.717, 1.165) is 26.9 Å². The first-order chi connectivity index (χ1) is 18.9. The van der Waals surface area contributed by atoms with Crippen LogP contribution in [0.4, 0.5) is 0 Å². The van der Waals surface area contributed by atoms with Crippen molar-refractivity contribution in [2.75, 3.05) is 6.61 Å². The Kier molecular flexibility index (Phi) is 7.88. The van der Waals surface area contributed by atoms with Crippen LogP contribution in [0.2, 0.25) is 0 Å². The van der Waals surface area contributed by atoms with E-state index in [1.165, 1.54) is 5.01 Å². The van der Waals surface area contributed by atoms with Gasteiger partial charge in [0.05, 0.1) is 23.3 Å². The number of esters is 1. The van der Waals surface area contributed by atoms with Crippen LogP contribution in [0.25, 0.3) is 10.8 Å². The number of furan rings is 1. The Bertz CT molecular complexity index is 1490. The number of amides is 2. The van der Waals surface area contributed by atoms with Crippen LogP contribution in [-0.4, -0.2) is 41.2 Å². The minimum absolute atomic E-state index is 0.121. The quantitative estimate of drug-likeness (QED) is 0.296. The fraction of sp³-hybridized carbons (Fsp3) is 0.267. The summed E-state index contributed by atoms with van der Waals surface area (Å²) in [6.45, 7) is 3.13. The molecule has 0 fully saturated rings. The van der Waals surface area contributed by atoms with E-state index < -0.39 is 30.6 Å². The lowest BCUT2D eigenvalue weighted by atomic mass is 10.0. The van der Waals surface area contributed by atoms with E-state index in [4.69, 9.17) is 9.15 Å². The van der Waals surface area contributed by atoms with E-state index in [0.29, 0.717) is 12.2 Å². The van der Waals surface area contributed by atoms with Gasteiger partial charge in [-0.1, -0.05) is 62.4 Å². The topological polar surface area (TPSA) is 101 Å². The number of rotatable bonds is 9. The Labute approximate surface area is 230 Å². The first kappa shape index (κ1) is 26.4. The maximum absolute atomic E-state index is 13.2. The number of thiophene rings is 1. The normalized spacial score (nSPS) is 15.8. The molecule has 9 heteroatoms. The first-order valence-corrected chi connectivity index (χ1v) is 13.7. The maximum atomic E-state index is 13.2. The van der Waals surface area contributed by atoms with Crippen LogP contribution >= 0.6 is 11.3 Å². The van der Waals surface area contributed by atoms with Crippen LogP contribution in [0.5, 0.6) is 0 Å². The van der Waals surface area contributed by atoms with Crippen LogP contribution in [0.1, 0.15) is 42.5 Å². The molecule has 4 aromatic rings. The molecule has 39 heavy (non-hydrogen) atoms. The molecule has 1 aliphatic heterocycles. The van der Waals surface area contributed by atoms with Crippen molar-refractivity contribution in [3.8, 4) is 0 Å². The third kappa shape index (κ3) is 5.93. The zero-order chi connectivity index (χ0) is 27.4. The Balaban J connectivity index is 1.23. The van der Waals surface area contributed by atoms with E-state index in [1.807, 2.05) is 73.8 Å². The van der Waals surface area contributed by atoms with Crippen molar-refractivity contribution in [3.63, 3.8) is 0 Å². The number of hydrogen-bond acceptors (Lipinski definition) is 7. The van der Waals surface area contributed by atoms with Crippen molar-refractivity contribution in [2.45, 2.75) is 38.8 Å². The average molecular weight is 544 g/mol. The Morgan fingerprint density at radius 3 is 2.64 bits per heavy atom. The number of fused-ring (bicyclic) bond motifs is 1. The van der Waals surface area contributed by atoms with Crippen molar-refractivity contribution in [1.82, 2.24) is 10.3 Å². The highest BCUT2D eigenvalue weighted by Crippen LogP contribution is 2.34. The van der Waals surface area contributed by atoms with Gasteiger partial charge in [-0.3, -0.25) is 9.59 Å². The molecule has 0 aliphatic carbocycles. The number of nitrogens with one attached hydrogen (secondary N) is 1. The van der Waals surface area contributed by atoms with E-state index in [1.54, 1.807) is 29.7 Å². The molecule has 0 radical (unpaired) electrons. The highest BCUT2D eigenvalue weighted by Gasteiger charge is 2.36. The van der Waals surface area contributed by atoms with Gasteiger partial charge in [0.15, 0.2) is 6.61 Å². The molecule has 0 bridgehead atoms. The van der Waals surface area contributed by atoms with Gasteiger partial charge in [0.25, 0.3) is 5.91 Å². The summed E-state index contributed by atoms with van der Waals surface area (Å²) in [4.78, 5) is 40.1. The van der Waals surface area contributed by atoms with Gasteiger partial charge in [-0.25, -0.2) is 9.80 Å². The largest absolute Gasteiger partial charge is 0.467 e. The number of nitrogens with zero attached hydrogens (tertiary/aromatic N) is 2. The minimum Gasteiger partial charge on any atom is -0.467 e. The van der Waals surface area contributed by atoms with Crippen molar-refractivity contribution in [3.05, 3.63) is 94.6 Å². The molecule has 1 aliphatic rings. The molecular formula is C30H29N3O5S. The summed E-state index contributed by atoms with van der Waals surface area (Å²) >= 11 is 1.54. The molecule has 0 unspecified atom stereocenters. The highest BCUT2D eigenvalue weighted by molar-refractivity contribution is 7.12. The number of benzene rings is 2. The lowest BCUT2D eigenvalue weighted by molar-refractivity contribution is -0.156. The minimum atomic E-state index is -0.898. The number of hydrogen-bond donors (Lipinski definition) is 1. The SMILES string of the molecule is CC(C)[C@H](NC(=O)Cc1cccc2ccccc12)C(=O)OCC(=O)N1N=C(c2cccs2)C[C@H]1c1ccco1. The molecule has 0 saturated heterocycles. The lowest BCUT2D eigenvalue weighted by Crippen LogP contribution is -2.46. The van der Waals surface area contributed by atoms with Crippen LogP contribution in [0.15, 0.2) is 87.9 Å². The summed E-state index contributed by atoms with van der Waals surface area (Å²) in [5.74, 6) is -1.07. The molecule has 0 saturated carbocycles. The summed E-state index contributed by atoms with van der Waals surface area (Å²) in [5, 5.41) is 12.6. The average Bonchev–Trinajstić information content (AvgIpc) is 3.72. The van der Waals surface area contributed by atoms with Gasteiger partial charge >= 0.3 is 5.97 Å². The van der Waals surface area contributed by atoms with Crippen molar-refractivity contribution in [2.24, 2.45) is 11.0 Å². The Hall–Kier alpha value is -4.24. The number of carbonyl (C=O) groups excluding carboxylic acids is 3. The zero-order valence-corrected chi connectivity index (χ0v) is 22.5. The molecule has 2 aromatic heterocycles. The van der Waals surface area contributed by atoms with E-state index in [-0.39, 0.29) is 18.2 Å². The Morgan fingerprint density at radius 1 is 1.08 bits per heavy atom. The van der Waals surface area contributed by atoms with Gasteiger partial charge in [0, 0.05) is 6.42 Å². The summed E-state index contributed by atoms with van der Waals surface area (Å²) in [7, 11) is 0. The first-order valence-electron chi connectivity index (χ1n) is 12.8. The van der Waals surface area contributed by atoms with Crippen LogP contribution in [-0.2, 0) is 25.5 Å². The summed E-state index contributed by atoms with van der Waals surface area (Å²) in [5.41, 5.74) is 1.64. The lowest BCUT2D eigenvalue weighted by Gasteiger charge is -2.23. The van der Waals surface area contributed by atoms with E-state index in [2.05, 4.69) is 10.4 Å². The molecule has 2 aromatic carbocycles. The van der Waals surface area contributed by atoms with Gasteiger partial charge in [0.2, 0.25) is 5.91 Å². The van der Waals surface area contributed by atoms with Crippen molar-refractivity contribution < 1.29 is 23.5 Å². The highest BCUT2D eigenvalue weighted by atomic mass is 32.1. The summed E-state index contributed by atoms with van der Waals surface area (Å²) in [6, 6.07) is 19.8. The molecule has 3 heterocycles. The van der Waals surface area contributed by atoms with Gasteiger partial charge in [-0.05, 0) is 45.8 Å². The van der Waals surface area contributed by atoms with Gasteiger partial charge in [-0.2, -0.15) is 5.10 Å². The standard InChI is InChI=1S/C30H29N3O5S/c1-19(2)29(31-27(34)16-21-10-5-9-20-8-3-4-11-22(20)21)30(36)38-18-28(35)33-24(25-12-6-14-37-25)17-23(32-33)26-13-7-15-39-26/h3-15,19,24,29H,16-18H2,1-2H3,(H,31,34)/t24-,29-/m0/s1. The van der Waals surface area contributed by atoms with Gasteiger partial charge in [0.1, 0.15) is 17.8 Å². The second-order valence-electron chi connectivity index (χ2n) is 9.71. The number of carbonyl (C=O) groups is 3. The predicted molar refractivity (Wildman–Crippen MR) is 149 cm³/mol. The second-order valence-corrected chi connectivity index (χ2v) is 10.7. The van der Waals surface area contributed by atoms with Crippen LogP contribution < -0.4 is 5.32 Å². The van der Waals surface area contributed by atoms with E-state index in [9.17, 15) is 14.4 Å². The van der Waals surface area contributed by atoms with Gasteiger partial charge in [-0.15, -0.1) is 11.3 Å². The molecule has 200 valence electrons. The van der Waals surface area contributed by atoms with Crippen LogP contribution in [0, 0.1) is 5.92 Å². The van der Waals surface area contributed by atoms with E-state index >= 15 is 0 Å². The molecule has 0 spiro atoms. The molecule has 2 atom stereocenters. The summed E-state index contributed by atoms with van der Waals surface area (Å²) in [6.07, 6.45) is 2.16. The molecule has 8 nitrogen and oxygen atoms in total. The third-order valence-electron chi connectivity index (χ3n) is 6.65. The molecule has 5 rings (SSSR count). The zero-order valence-electron chi connectivity index (χ0n) is 21.7. The molecular weight excluding hydrogens is 514 g/mol. The maximum Gasteiger partial charge on any atom is 0.329 e. The van der Waals surface area contributed by atoms with Crippen LogP contribution in [0.3, 0.4) is 0 Å². The molecule has 1 N–H and O–H groups in total. The predicted octanol–water partition coefficient (Wildman–Crippen LogP) is 5.10. The fourth-order valence-electron chi connectivity index (χ4n) is 4.67. The van der Waals surface area contributed by atoms with Crippen molar-refractivity contribution >= 4 is 45.6 Å². The fourth-order valence-corrected chi connectivity index (χ4v) is 5.39. The summed E-state index contributed by atoms with van der Waals surface area (Å²) < 4.78 is 11.0. The third-order valence-corrected chi connectivity index (χ3v) is 7.57. The van der Waals surface area contributed by atoms with Gasteiger partial charge < -0.3 is 14.5 Å². The monoisotopic (exact) mass is 543 g/mol.